The molecule has 0 saturated carbocycles. The van der Waals surface area contributed by atoms with Crippen LogP contribution in [0.15, 0.2) is 52.9 Å². The molecule has 6 heteroatoms. The molecule has 1 heterocycles. The second-order valence-corrected chi connectivity index (χ2v) is 8.12. The number of carbonyl (C=O) groups excluding carboxylic acids is 1. The maximum atomic E-state index is 11.9. The Hall–Kier alpha value is -3.28. The maximum Gasteiger partial charge on any atom is 0.335 e. The normalized spacial score (nSPS) is 12.5. The minimum atomic E-state index is -1.01. The predicted octanol–water partition coefficient (Wildman–Crippen LogP) is 5.50. The lowest BCUT2D eigenvalue weighted by molar-refractivity contribution is -0.151. The number of esters is 1. The average Bonchev–Trinajstić information content (AvgIpc) is 3.13. The van der Waals surface area contributed by atoms with E-state index in [2.05, 4.69) is 26.8 Å². The first-order valence-corrected chi connectivity index (χ1v) is 9.87. The Bertz CT molecular complexity index is 1040. The highest BCUT2D eigenvalue weighted by Crippen LogP contribution is 2.31. The van der Waals surface area contributed by atoms with Crippen LogP contribution in [-0.4, -0.2) is 23.7 Å². The van der Waals surface area contributed by atoms with E-state index >= 15 is 0 Å². The number of carboxylic acid groups (broad SMARTS) is 1. The summed E-state index contributed by atoms with van der Waals surface area (Å²) in [5, 5.41) is 9.93. The monoisotopic (exact) mass is 410 g/mol. The third kappa shape index (κ3) is 5.00. The quantitative estimate of drug-likeness (QED) is 0.518. The Labute approximate surface area is 175 Å². The summed E-state index contributed by atoms with van der Waals surface area (Å²) in [6, 6.07) is 13.9. The fourth-order valence-corrected chi connectivity index (χ4v) is 2.97. The van der Waals surface area contributed by atoms with Gasteiger partial charge in [-0.2, -0.15) is 0 Å². The highest BCUT2D eigenvalue weighted by atomic mass is 16.6. The van der Waals surface area contributed by atoms with Crippen molar-refractivity contribution >= 4 is 22.9 Å². The minimum Gasteiger partial charge on any atom is -0.489 e. The number of furan rings is 1. The SMILES string of the molecule is CCC(=O)OC(COc1ccc(C(=O)O)cc1)c1cc2cc(C(C)(C)C)ccc2o1. The van der Waals surface area contributed by atoms with Gasteiger partial charge in [0.05, 0.1) is 5.56 Å². The first-order valence-electron chi connectivity index (χ1n) is 9.87. The number of rotatable bonds is 7. The molecule has 0 aliphatic carbocycles. The van der Waals surface area contributed by atoms with Crippen LogP contribution in [0.4, 0.5) is 0 Å². The lowest BCUT2D eigenvalue weighted by Gasteiger charge is -2.18. The Morgan fingerprint density at radius 2 is 1.77 bits per heavy atom. The van der Waals surface area contributed by atoms with Crippen LogP contribution >= 0.6 is 0 Å². The molecule has 1 aromatic heterocycles. The van der Waals surface area contributed by atoms with Gasteiger partial charge in [0.2, 0.25) is 0 Å². The standard InChI is InChI=1S/C24H26O6/c1-5-22(25)30-21(14-28-18-9-6-15(7-10-18)23(26)27)20-13-16-12-17(24(2,3)4)8-11-19(16)29-20/h6-13,21H,5,14H2,1-4H3,(H,26,27). The average molecular weight is 410 g/mol. The molecule has 0 bridgehead atoms. The van der Waals surface area contributed by atoms with Crippen molar-refractivity contribution in [2.24, 2.45) is 0 Å². The van der Waals surface area contributed by atoms with Gasteiger partial charge in [-0.3, -0.25) is 4.79 Å². The Morgan fingerprint density at radius 1 is 1.07 bits per heavy atom. The van der Waals surface area contributed by atoms with Gasteiger partial charge in [-0.15, -0.1) is 0 Å². The van der Waals surface area contributed by atoms with Gasteiger partial charge in [0.1, 0.15) is 23.7 Å². The second kappa shape index (κ2) is 8.61. The Balaban J connectivity index is 1.83. The molecule has 3 rings (SSSR count). The molecule has 0 spiro atoms. The third-order valence-corrected chi connectivity index (χ3v) is 4.78. The zero-order valence-electron chi connectivity index (χ0n) is 17.6. The number of carbonyl (C=O) groups is 2. The molecule has 0 aliphatic heterocycles. The molecule has 0 fully saturated rings. The van der Waals surface area contributed by atoms with Gasteiger partial charge in [-0.25, -0.2) is 4.79 Å². The molecule has 0 aliphatic rings. The van der Waals surface area contributed by atoms with E-state index in [1.54, 1.807) is 19.1 Å². The number of carboxylic acids is 1. The number of aromatic carboxylic acids is 1. The number of ether oxygens (including phenoxy) is 2. The van der Waals surface area contributed by atoms with Crippen molar-refractivity contribution in [1.82, 2.24) is 0 Å². The van der Waals surface area contributed by atoms with Crippen LogP contribution in [0.25, 0.3) is 11.0 Å². The molecular weight excluding hydrogens is 384 g/mol. The summed E-state index contributed by atoms with van der Waals surface area (Å²) in [4.78, 5) is 22.9. The van der Waals surface area contributed by atoms with E-state index in [9.17, 15) is 9.59 Å². The van der Waals surface area contributed by atoms with Crippen LogP contribution in [-0.2, 0) is 14.9 Å². The van der Waals surface area contributed by atoms with Crippen LogP contribution in [0.5, 0.6) is 5.75 Å². The van der Waals surface area contributed by atoms with E-state index in [1.165, 1.54) is 17.7 Å². The van der Waals surface area contributed by atoms with E-state index in [-0.39, 0.29) is 30.0 Å². The first kappa shape index (κ1) is 21.4. The van der Waals surface area contributed by atoms with Gasteiger partial charge in [-0.05, 0) is 53.4 Å². The molecule has 2 aromatic carbocycles. The summed E-state index contributed by atoms with van der Waals surface area (Å²) in [6.45, 7) is 8.20. The lowest BCUT2D eigenvalue weighted by Crippen LogP contribution is -2.17. The number of hydrogen-bond acceptors (Lipinski definition) is 5. The van der Waals surface area contributed by atoms with Gasteiger partial charge in [0.15, 0.2) is 6.10 Å². The minimum absolute atomic E-state index is 0.00489. The van der Waals surface area contributed by atoms with Crippen molar-refractivity contribution in [3.8, 4) is 5.75 Å². The molecule has 0 amide bonds. The van der Waals surface area contributed by atoms with Gasteiger partial charge in [0.25, 0.3) is 0 Å². The zero-order valence-corrected chi connectivity index (χ0v) is 17.6. The summed E-state index contributed by atoms with van der Waals surface area (Å²) >= 11 is 0. The van der Waals surface area contributed by atoms with Gasteiger partial charge in [0, 0.05) is 11.8 Å². The summed E-state index contributed by atoms with van der Waals surface area (Å²) in [6.07, 6.45) is -0.486. The molecule has 1 atom stereocenters. The molecular formula is C24H26O6. The van der Waals surface area contributed by atoms with Crippen LogP contribution < -0.4 is 4.74 Å². The highest BCUT2D eigenvalue weighted by molar-refractivity contribution is 5.87. The van der Waals surface area contributed by atoms with Crippen molar-refractivity contribution in [3.63, 3.8) is 0 Å². The predicted molar refractivity (Wildman–Crippen MR) is 113 cm³/mol. The highest BCUT2D eigenvalue weighted by Gasteiger charge is 2.23. The molecule has 3 aromatic rings. The van der Waals surface area contributed by atoms with Crippen molar-refractivity contribution in [2.75, 3.05) is 6.61 Å². The van der Waals surface area contributed by atoms with Gasteiger partial charge in [-0.1, -0.05) is 33.8 Å². The summed E-state index contributed by atoms with van der Waals surface area (Å²) in [5.74, 6) is -0.391. The summed E-state index contributed by atoms with van der Waals surface area (Å²) < 4.78 is 17.2. The Kier molecular flexibility index (Phi) is 6.15. The number of benzene rings is 2. The van der Waals surface area contributed by atoms with E-state index in [4.69, 9.17) is 19.0 Å². The summed E-state index contributed by atoms with van der Waals surface area (Å²) in [7, 11) is 0. The smallest absolute Gasteiger partial charge is 0.335 e. The van der Waals surface area contributed by atoms with Crippen LogP contribution in [0.3, 0.4) is 0 Å². The molecule has 30 heavy (non-hydrogen) atoms. The molecule has 0 saturated heterocycles. The van der Waals surface area contributed by atoms with Crippen LogP contribution in [0.1, 0.15) is 61.9 Å². The zero-order chi connectivity index (χ0) is 21.9. The van der Waals surface area contributed by atoms with Crippen molar-refractivity contribution in [2.45, 2.75) is 45.6 Å². The van der Waals surface area contributed by atoms with E-state index in [0.717, 1.165) is 5.39 Å². The number of fused-ring (bicyclic) bond motifs is 1. The third-order valence-electron chi connectivity index (χ3n) is 4.78. The fraction of sp³-hybridized carbons (Fsp3) is 0.333. The topological polar surface area (TPSA) is 86.0 Å². The first-order chi connectivity index (χ1) is 14.2. The van der Waals surface area contributed by atoms with E-state index < -0.39 is 12.1 Å². The van der Waals surface area contributed by atoms with Crippen LogP contribution in [0, 0.1) is 0 Å². The fourth-order valence-electron chi connectivity index (χ4n) is 2.97. The van der Waals surface area contributed by atoms with Crippen molar-refractivity contribution in [3.05, 3.63) is 65.4 Å². The Morgan fingerprint density at radius 3 is 2.37 bits per heavy atom. The molecule has 1 unspecified atom stereocenters. The van der Waals surface area contributed by atoms with Gasteiger partial charge < -0.3 is 19.0 Å². The molecule has 158 valence electrons. The van der Waals surface area contributed by atoms with Crippen molar-refractivity contribution < 1.29 is 28.6 Å². The molecule has 0 radical (unpaired) electrons. The van der Waals surface area contributed by atoms with E-state index in [0.29, 0.717) is 17.1 Å². The largest absolute Gasteiger partial charge is 0.489 e. The van der Waals surface area contributed by atoms with Crippen LogP contribution in [0.2, 0.25) is 0 Å². The second-order valence-electron chi connectivity index (χ2n) is 8.12. The summed E-state index contributed by atoms with van der Waals surface area (Å²) in [5.41, 5.74) is 2.06. The van der Waals surface area contributed by atoms with Gasteiger partial charge >= 0.3 is 11.9 Å². The maximum absolute atomic E-state index is 11.9. The number of hydrogen-bond donors (Lipinski definition) is 1. The molecule has 6 nitrogen and oxygen atoms in total. The van der Waals surface area contributed by atoms with Crippen molar-refractivity contribution in [1.29, 1.82) is 0 Å². The van der Waals surface area contributed by atoms with E-state index in [1.807, 2.05) is 18.2 Å². The lowest BCUT2D eigenvalue weighted by atomic mass is 9.86. The molecule has 1 N–H and O–H groups in total.